The summed E-state index contributed by atoms with van der Waals surface area (Å²) in [4.78, 5) is 36.1. The van der Waals surface area contributed by atoms with Gasteiger partial charge in [0, 0.05) is 30.4 Å². The van der Waals surface area contributed by atoms with Gasteiger partial charge in [0.1, 0.15) is 18.3 Å². The molecule has 0 radical (unpaired) electrons. The van der Waals surface area contributed by atoms with Gasteiger partial charge >= 0.3 is 17.9 Å². The topological polar surface area (TPSA) is 78.9 Å². The van der Waals surface area contributed by atoms with E-state index in [0.29, 0.717) is 24.0 Å². The monoisotopic (exact) mass is 386 g/mol. The van der Waals surface area contributed by atoms with Crippen molar-refractivity contribution in [3.8, 4) is 0 Å². The molecule has 0 aromatic heterocycles. The molecule has 6 nitrogen and oxygen atoms in total. The van der Waals surface area contributed by atoms with Gasteiger partial charge in [0.15, 0.2) is 0 Å². The zero-order valence-corrected chi connectivity index (χ0v) is 16.5. The first-order chi connectivity index (χ1) is 13.1. The van der Waals surface area contributed by atoms with Crippen molar-refractivity contribution in [2.24, 2.45) is 17.8 Å². The Morgan fingerprint density at radius 1 is 1.14 bits per heavy atom. The van der Waals surface area contributed by atoms with E-state index in [-0.39, 0.29) is 23.4 Å². The molecule has 0 aromatic carbocycles. The Morgan fingerprint density at radius 2 is 1.82 bits per heavy atom. The van der Waals surface area contributed by atoms with Crippen LogP contribution >= 0.6 is 0 Å². The van der Waals surface area contributed by atoms with Gasteiger partial charge in [-0.25, -0.2) is 9.59 Å². The first kappa shape index (κ1) is 20.1. The van der Waals surface area contributed by atoms with Gasteiger partial charge in [0.05, 0.1) is 5.92 Å². The standard InChI is InChI=1S/C22H26O6/c1-7-10(2)21(24)27-17-8-11(3)15-9-16(26-14(6)23)12(4)18(15)20-19(17)13(5)22(25)28-20/h7,15-20H,3-5,8-9H2,1-2,6H3. The molecule has 1 heterocycles. The number of allylic oxidation sites excluding steroid dienone is 1. The van der Waals surface area contributed by atoms with Crippen LogP contribution in [0.4, 0.5) is 0 Å². The molecule has 28 heavy (non-hydrogen) atoms. The van der Waals surface area contributed by atoms with Gasteiger partial charge in [-0.05, 0) is 31.8 Å². The molecule has 6 atom stereocenters. The highest BCUT2D eigenvalue weighted by Gasteiger charge is 2.57. The highest BCUT2D eigenvalue weighted by atomic mass is 16.6. The van der Waals surface area contributed by atoms with Crippen molar-refractivity contribution in [3.63, 3.8) is 0 Å². The second-order valence-electron chi connectivity index (χ2n) is 7.74. The van der Waals surface area contributed by atoms with E-state index < -0.39 is 36.2 Å². The smallest absolute Gasteiger partial charge is 0.334 e. The number of hydrogen-bond acceptors (Lipinski definition) is 6. The van der Waals surface area contributed by atoms with Gasteiger partial charge in [-0.3, -0.25) is 4.79 Å². The van der Waals surface area contributed by atoms with Crippen LogP contribution in [0.25, 0.3) is 0 Å². The number of carbonyl (C=O) groups is 3. The minimum atomic E-state index is -0.593. The van der Waals surface area contributed by atoms with E-state index in [2.05, 4.69) is 19.7 Å². The van der Waals surface area contributed by atoms with Crippen LogP contribution in [0.1, 0.15) is 33.6 Å². The van der Waals surface area contributed by atoms with E-state index in [4.69, 9.17) is 14.2 Å². The van der Waals surface area contributed by atoms with Gasteiger partial charge < -0.3 is 14.2 Å². The Balaban J connectivity index is 1.95. The third-order valence-corrected chi connectivity index (χ3v) is 6.07. The van der Waals surface area contributed by atoms with Crippen LogP contribution in [0.2, 0.25) is 0 Å². The van der Waals surface area contributed by atoms with Crippen molar-refractivity contribution in [1.82, 2.24) is 0 Å². The van der Waals surface area contributed by atoms with Crippen LogP contribution in [-0.2, 0) is 28.6 Å². The van der Waals surface area contributed by atoms with E-state index in [9.17, 15) is 14.4 Å². The highest BCUT2D eigenvalue weighted by molar-refractivity contribution is 5.92. The van der Waals surface area contributed by atoms with Crippen LogP contribution in [0.5, 0.6) is 0 Å². The zero-order chi connectivity index (χ0) is 20.7. The van der Waals surface area contributed by atoms with Gasteiger partial charge in [-0.15, -0.1) is 0 Å². The summed E-state index contributed by atoms with van der Waals surface area (Å²) in [5, 5.41) is 0. The zero-order valence-electron chi connectivity index (χ0n) is 16.5. The minimum Gasteiger partial charge on any atom is -0.458 e. The van der Waals surface area contributed by atoms with E-state index in [1.54, 1.807) is 19.9 Å². The SMILES string of the molecule is C=C1CC(OC(=O)C(C)=CC)C2C(=C)C(=O)OC2C2C(=C)C(OC(C)=O)CC12. The lowest BCUT2D eigenvalue weighted by Crippen LogP contribution is -2.36. The molecule has 6 unspecified atom stereocenters. The van der Waals surface area contributed by atoms with E-state index in [1.165, 1.54) is 6.92 Å². The fourth-order valence-electron chi connectivity index (χ4n) is 4.53. The molecule has 0 bridgehead atoms. The lowest BCUT2D eigenvalue weighted by Gasteiger charge is -2.28. The molecule has 3 rings (SSSR count). The average Bonchev–Trinajstić information content (AvgIpc) is 3.06. The molecule has 2 aliphatic carbocycles. The number of rotatable bonds is 3. The van der Waals surface area contributed by atoms with Gasteiger partial charge in [0.25, 0.3) is 0 Å². The minimum absolute atomic E-state index is 0.0745. The molecule has 1 aliphatic heterocycles. The van der Waals surface area contributed by atoms with Gasteiger partial charge in [0.2, 0.25) is 0 Å². The summed E-state index contributed by atoms with van der Waals surface area (Å²) in [5.41, 5.74) is 2.35. The second-order valence-corrected chi connectivity index (χ2v) is 7.74. The average molecular weight is 386 g/mol. The van der Waals surface area contributed by atoms with Gasteiger partial charge in [-0.2, -0.15) is 0 Å². The largest absolute Gasteiger partial charge is 0.458 e. The number of carbonyl (C=O) groups excluding carboxylic acids is 3. The summed E-state index contributed by atoms with van der Waals surface area (Å²) >= 11 is 0. The van der Waals surface area contributed by atoms with Crippen molar-refractivity contribution in [2.45, 2.75) is 51.9 Å². The summed E-state index contributed by atoms with van der Waals surface area (Å²) in [6, 6.07) is 0. The predicted molar refractivity (Wildman–Crippen MR) is 102 cm³/mol. The Labute approximate surface area is 164 Å². The molecule has 0 aromatic rings. The number of ether oxygens (including phenoxy) is 3. The lowest BCUT2D eigenvalue weighted by molar-refractivity contribution is -0.149. The normalized spacial score (nSPS) is 35.0. The van der Waals surface area contributed by atoms with Crippen LogP contribution in [0.3, 0.4) is 0 Å². The molecule has 6 heteroatoms. The van der Waals surface area contributed by atoms with E-state index >= 15 is 0 Å². The Morgan fingerprint density at radius 3 is 2.43 bits per heavy atom. The van der Waals surface area contributed by atoms with E-state index in [0.717, 1.165) is 5.57 Å². The third-order valence-electron chi connectivity index (χ3n) is 6.07. The molecule has 0 N–H and O–H groups in total. The fraction of sp³-hybridized carbons (Fsp3) is 0.500. The maximum atomic E-state index is 12.4. The number of hydrogen-bond donors (Lipinski definition) is 0. The first-order valence-corrected chi connectivity index (χ1v) is 9.42. The quantitative estimate of drug-likeness (QED) is 0.321. The fourth-order valence-corrected chi connectivity index (χ4v) is 4.53. The molecule has 1 saturated heterocycles. The molecule has 0 amide bonds. The Bertz CT molecular complexity index is 804. The molecular formula is C22H26O6. The summed E-state index contributed by atoms with van der Waals surface area (Å²) < 4.78 is 16.8. The lowest BCUT2D eigenvalue weighted by atomic mass is 9.81. The summed E-state index contributed by atoms with van der Waals surface area (Å²) in [6.07, 6.45) is 0.994. The van der Waals surface area contributed by atoms with E-state index in [1.807, 2.05) is 0 Å². The Kier molecular flexibility index (Phi) is 5.33. The summed E-state index contributed by atoms with van der Waals surface area (Å²) in [6.45, 7) is 17.0. The maximum absolute atomic E-state index is 12.4. The third kappa shape index (κ3) is 3.32. The summed E-state index contributed by atoms with van der Waals surface area (Å²) in [5.74, 6) is -2.12. The van der Waals surface area contributed by atoms with Crippen LogP contribution in [0.15, 0.2) is 48.1 Å². The van der Waals surface area contributed by atoms with Gasteiger partial charge in [-0.1, -0.05) is 31.4 Å². The number of fused-ring (bicyclic) bond motifs is 3. The molecular weight excluding hydrogens is 360 g/mol. The number of esters is 3. The maximum Gasteiger partial charge on any atom is 0.334 e. The first-order valence-electron chi connectivity index (χ1n) is 9.42. The molecule has 3 aliphatic rings. The Hall–Kier alpha value is -2.63. The van der Waals surface area contributed by atoms with Crippen LogP contribution in [0, 0.1) is 17.8 Å². The molecule has 150 valence electrons. The highest BCUT2D eigenvalue weighted by Crippen LogP contribution is 2.53. The molecule has 0 spiro atoms. The van der Waals surface area contributed by atoms with Crippen molar-refractivity contribution >= 4 is 17.9 Å². The van der Waals surface area contributed by atoms with Crippen molar-refractivity contribution in [3.05, 3.63) is 48.1 Å². The van der Waals surface area contributed by atoms with Crippen molar-refractivity contribution < 1.29 is 28.6 Å². The summed E-state index contributed by atoms with van der Waals surface area (Å²) in [7, 11) is 0. The predicted octanol–water partition coefficient (Wildman–Crippen LogP) is 3.05. The van der Waals surface area contributed by atoms with Crippen molar-refractivity contribution in [2.75, 3.05) is 0 Å². The van der Waals surface area contributed by atoms with Crippen LogP contribution < -0.4 is 0 Å². The van der Waals surface area contributed by atoms with Crippen LogP contribution in [-0.4, -0.2) is 36.2 Å². The van der Waals surface area contributed by atoms with Crippen molar-refractivity contribution in [1.29, 1.82) is 0 Å². The second kappa shape index (κ2) is 7.41. The molecule has 2 saturated carbocycles. The molecule has 3 fully saturated rings.